The highest BCUT2D eigenvalue weighted by Crippen LogP contribution is 2.36. The number of ether oxygens (including phenoxy) is 2. The van der Waals surface area contributed by atoms with E-state index < -0.39 is 0 Å². The van der Waals surface area contributed by atoms with Gasteiger partial charge in [-0.25, -0.2) is 0 Å². The molecule has 6 nitrogen and oxygen atoms in total. The quantitative estimate of drug-likeness (QED) is 0.565. The summed E-state index contributed by atoms with van der Waals surface area (Å²) in [6.07, 6.45) is 1.79. The Bertz CT molecular complexity index is 1080. The standard InChI is InChI=1S/C22H20N2O4S2/c1-13-3-4-14(2)16(9-13)20(25)23-7-8-24-21(26)19(30-22(24)29)11-15-5-6-17-18(10-15)28-12-27-17/h3-6,9-11H,7-8,12H2,1-2H3,(H,23,25)/b19-11-. The van der Waals surface area contributed by atoms with Crippen molar-refractivity contribution in [3.8, 4) is 11.5 Å². The average molecular weight is 441 g/mol. The molecule has 0 bridgehead atoms. The minimum absolute atomic E-state index is 0.155. The number of fused-ring (bicyclic) bond motifs is 1. The zero-order valence-corrected chi connectivity index (χ0v) is 18.2. The molecule has 2 amide bonds. The fraction of sp³-hybridized carbons (Fsp3) is 0.227. The lowest BCUT2D eigenvalue weighted by Crippen LogP contribution is -2.37. The van der Waals surface area contributed by atoms with Crippen LogP contribution in [0, 0.1) is 13.8 Å². The van der Waals surface area contributed by atoms with Gasteiger partial charge in [0.2, 0.25) is 6.79 Å². The van der Waals surface area contributed by atoms with Crippen molar-refractivity contribution in [1.29, 1.82) is 0 Å². The first kappa shape index (κ1) is 20.4. The molecule has 0 unspecified atom stereocenters. The highest BCUT2D eigenvalue weighted by molar-refractivity contribution is 8.26. The summed E-state index contributed by atoms with van der Waals surface area (Å²) in [5.41, 5.74) is 3.41. The molecule has 2 aromatic carbocycles. The minimum atomic E-state index is -0.163. The molecule has 0 saturated carbocycles. The maximum atomic E-state index is 12.8. The number of aryl methyl sites for hydroxylation is 2. The van der Waals surface area contributed by atoms with Crippen molar-refractivity contribution in [2.45, 2.75) is 13.8 Å². The lowest BCUT2D eigenvalue weighted by atomic mass is 10.1. The number of nitrogens with one attached hydrogen (secondary N) is 1. The Hall–Kier alpha value is -2.84. The van der Waals surface area contributed by atoms with Gasteiger partial charge in [0.25, 0.3) is 11.8 Å². The largest absolute Gasteiger partial charge is 0.454 e. The Morgan fingerprint density at radius 3 is 2.83 bits per heavy atom. The third-order valence-electron chi connectivity index (χ3n) is 4.83. The number of benzene rings is 2. The fourth-order valence-corrected chi connectivity index (χ4v) is 4.51. The Kier molecular flexibility index (Phi) is 5.78. The smallest absolute Gasteiger partial charge is 0.266 e. The van der Waals surface area contributed by atoms with E-state index in [2.05, 4.69) is 5.32 Å². The second kappa shape index (κ2) is 8.49. The lowest BCUT2D eigenvalue weighted by Gasteiger charge is -2.15. The molecule has 4 rings (SSSR count). The van der Waals surface area contributed by atoms with Crippen LogP contribution in [0.25, 0.3) is 6.08 Å². The van der Waals surface area contributed by atoms with Gasteiger partial charge in [0.15, 0.2) is 11.5 Å². The monoisotopic (exact) mass is 440 g/mol. The number of hydrogen-bond acceptors (Lipinski definition) is 6. The third kappa shape index (κ3) is 4.20. The predicted molar refractivity (Wildman–Crippen MR) is 121 cm³/mol. The van der Waals surface area contributed by atoms with Crippen LogP contribution in [0.4, 0.5) is 0 Å². The van der Waals surface area contributed by atoms with E-state index in [-0.39, 0.29) is 18.6 Å². The van der Waals surface area contributed by atoms with Crippen LogP contribution in [-0.4, -0.2) is 40.9 Å². The van der Waals surface area contributed by atoms with Gasteiger partial charge in [-0.1, -0.05) is 47.7 Å². The molecule has 2 heterocycles. The summed E-state index contributed by atoms with van der Waals surface area (Å²) in [5, 5.41) is 2.88. The van der Waals surface area contributed by atoms with Gasteiger partial charge in [0.1, 0.15) is 4.32 Å². The van der Waals surface area contributed by atoms with Gasteiger partial charge in [-0.3, -0.25) is 14.5 Å². The summed E-state index contributed by atoms with van der Waals surface area (Å²) < 4.78 is 11.2. The molecule has 0 spiro atoms. The van der Waals surface area contributed by atoms with Crippen LogP contribution in [0.5, 0.6) is 11.5 Å². The van der Waals surface area contributed by atoms with Gasteiger partial charge < -0.3 is 14.8 Å². The van der Waals surface area contributed by atoms with Crippen LogP contribution < -0.4 is 14.8 Å². The van der Waals surface area contributed by atoms with Crippen LogP contribution >= 0.6 is 24.0 Å². The van der Waals surface area contributed by atoms with Crippen molar-refractivity contribution in [2.24, 2.45) is 0 Å². The van der Waals surface area contributed by atoms with Crippen molar-refractivity contribution < 1.29 is 19.1 Å². The number of hydrogen-bond donors (Lipinski definition) is 1. The molecule has 8 heteroatoms. The summed E-state index contributed by atoms with van der Waals surface area (Å²) >= 11 is 6.62. The molecule has 2 aliphatic rings. The van der Waals surface area contributed by atoms with Crippen molar-refractivity contribution in [3.05, 3.63) is 63.6 Å². The molecule has 2 aliphatic heterocycles. The van der Waals surface area contributed by atoms with E-state index in [9.17, 15) is 9.59 Å². The molecule has 2 aromatic rings. The first-order valence-corrected chi connectivity index (χ1v) is 10.7. The first-order chi connectivity index (χ1) is 14.4. The second-order valence-corrected chi connectivity index (χ2v) is 8.70. The second-order valence-electron chi connectivity index (χ2n) is 7.02. The molecule has 0 atom stereocenters. The fourth-order valence-electron chi connectivity index (χ4n) is 3.20. The molecule has 1 saturated heterocycles. The number of amides is 2. The van der Waals surface area contributed by atoms with Crippen LogP contribution in [0.1, 0.15) is 27.0 Å². The molecular formula is C22H20N2O4S2. The topological polar surface area (TPSA) is 67.9 Å². The summed E-state index contributed by atoms with van der Waals surface area (Å²) in [5.74, 6) is 1.04. The molecule has 0 aliphatic carbocycles. The highest BCUT2D eigenvalue weighted by atomic mass is 32.2. The SMILES string of the molecule is Cc1ccc(C)c(C(=O)NCCN2C(=O)/C(=C/c3ccc4c(c3)OCO4)SC2=S)c1. The number of nitrogens with zero attached hydrogens (tertiary/aromatic N) is 1. The van der Waals surface area contributed by atoms with E-state index in [0.29, 0.717) is 39.4 Å². The van der Waals surface area contributed by atoms with E-state index in [4.69, 9.17) is 21.7 Å². The number of thiocarbonyl (C=S) groups is 1. The Balaban J connectivity index is 1.38. The van der Waals surface area contributed by atoms with Gasteiger partial charge >= 0.3 is 0 Å². The Labute approximate surface area is 184 Å². The maximum absolute atomic E-state index is 12.8. The molecule has 154 valence electrons. The van der Waals surface area contributed by atoms with Crippen molar-refractivity contribution >= 4 is 46.2 Å². The lowest BCUT2D eigenvalue weighted by molar-refractivity contribution is -0.122. The minimum Gasteiger partial charge on any atom is -0.454 e. The predicted octanol–water partition coefficient (Wildman–Crippen LogP) is 3.66. The van der Waals surface area contributed by atoms with Gasteiger partial charge in [0.05, 0.1) is 4.91 Å². The van der Waals surface area contributed by atoms with Crippen LogP contribution in [0.3, 0.4) is 0 Å². The van der Waals surface area contributed by atoms with Crippen molar-refractivity contribution in [2.75, 3.05) is 19.9 Å². The molecule has 30 heavy (non-hydrogen) atoms. The van der Waals surface area contributed by atoms with E-state index in [0.717, 1.165) is 16.7 Å². The van der Waals surface area contributed by atoms with Crippen molar-refractivity contribution in [1.82, 2.24) is 10.2 Å². The van der Waals surface area contributed by atoms with Gasteiger partial charge in [0, 0.05) is 18.7 Å². The average Bonchev–Trinajstić information content (AvgIpc) is 3.29. The third-order valence-corrected chi connectivity index (χ3v) is 6.20. The highest BCUT2D eigenvalue weighted by Gasteiger charge is 2.31. The zero-order chi connectivity index (χ0) is 21.3. The van der Waals surface area contributed by atoms with Crippen molar-refractivity contribution in [3.63, 3.8) is 0 Å². The Morgan fingerprint density at radius 2 is 2.00 bits per heavy atom. The van der Waals surface area contributed by atoms with E-state index in [1.807, 2.05) is 50.2 Å². The molecule has 1 N–H and O–H groups in total. The number of thioether (sulfide) groups is 1. The number of rotatable bonds is 5. The summed E-state index contributed by atoms with van der Waals surface area (Å²) in [6.45, 7) is 4.69. The molecule has 1 fully saturated rings. The first-order valence-electron chi connectivity index (χ1n) is 9.43. The van der Waals surface area contributed by atoms with Gasteiger partial charge in [-0.15, -0.1) is 0 Å². The van der Waals surface area contributed by atoms with E-state index in [1.54, 1.807) is 6.08 Å². The molecule has 0 radical (unpaired) electrons. The number of carbonyl (C=O) groups excluding carboxylic acids is 2. The summed E-state index contributed by atoms with van der Waals surface area (Å²) in [6, 6.07) is 11.3. The van der Waals surface area contributed by atoms with Crippen LogP contribution in [0.2, 0.25) is 0 Å². The zero-order valence-electron chi connectivity index (χ0n) is 16.6. The van der Waals surface area contributed by atoms with Gasteiger partial charge in [-0.2, -0.15) is 0 Å². The van der Waals surface area contributed by atoms with Crippen LogP contribution in [-0.2, 0) is 4.79 Å². The Morgan fingerprint density at radius 1 is 1.20 bits per heavy atom. The van der Waals surface area contributed by atoms with Gasteiger partial charge in [-0.05, 0) is 49.2 Å². The summed E-state index contributed by atoms with van der Waals surface area (Å²) in [7, 11) is 0. The number of carbonyl (C=O) groups is 2. The van der Waals surface area contributed by atoms with E-state index in [1.165, 1.54) is 16.7 Å². The molecule has 0 aromatic heterocycles. The van der Waals surface area contributed by atoms with E-state index >= 15 is 0 Å². The summed E-state index contributed by atoms with van der Waals surface area (Å²) in [4.78, 5) is 27.3. The normalized spacial score (nSPS) is 16.5. The maximum Gasteiger partial charge on any atom is 0.266 e. The van der Waals surface area contributed by atoms with Crippen LogP contribution in [0.15, 0.2) is 41.3 Å². The molecular weight excluding hydrogens is 420 g/mol.